The lowest BCUT2D eigenvalue weighted by atomic mass is 10.1. The molecule has 3 heterocycles. The van der Waals surface area contributed by atoms with E-state index in [1.165, 1.54) is 6.20 Å². The van der Waals surface area contributed by atoms with E-state index in [0.717, 1.165) is 0 Å². The molecule has 1 aliphatic heterocycles. The summed E-state index contributed by atoms with van der Waals surface area (Å²) in [5.74, 6) is 0. The lowest BCUT2D eigenvalue weighted by molar-refractivity contribution is -0.141. The molecular formula is C15H18F3N3O. The van der Waals surface area contributed by atoms with Crippen LogP contribution in [0.1, 0.15) is 25.1 Å². The van der Waals surface area contributed by atoms with Crippen molar-refractivity contribution >= 4 is 11.0 Å². The van der Waals surface area contributed by atoms with Crippen LogP contribution in [0, 0.1) is 0 Å². The first-order valence-electron chi connectivity index (χ1n) is 7.25. The van der Waals surface area contributed by atoms with E-state index in [0.29, 0.717) is 18.5 Å². The third-order valence-electron chi connectivity index (χ3n) is 3.84. The summed E-state index contributed by atoms with van der Waals surface area (Å²) < 4.78 is 45.5. The number of nitrogens with zero attached hydrogens (tertiary/aromatic N) is 2. The smallest absolute Gasteiger partial charge is 0.373 e. The molecule has 0 bridgehead atoms. The maximum atomic E-state index is 13.3. The van der Waals surface area contributed by atoms with E-state index in [1.807, 2.05) is 18.7 Å². The molecule has 7 heteroatoms. The fourth-order valence-corrected chi connectivity index (χ4v) is 3.12. The Balaban J connectivity index is 1.98. The zero-order valence-corrected chi connectivity index (χ0v) is 12.4. The highest BCUT2D eigenvalue weighted by atomic mass is 19.4. The van der Waals surface area contributed by atoms with Gasteiger partial charge in [-0.25, -0.2) is 4.98 Å². The van der Waals surface area contributed by atoms with Crippen LogP contribution in [-0.2, 0) is 17.5 Å². The molecule has 1 aliphatic rings. The van der Waals surface area contributed by atoms with E-state index in [1.54, 1.807) is 12.1 Å². The van der Waals surface area contributed by atoms with E-state index in [4.69, 9.17) is 4.74 Å². The minimum atomic E-state index is -4.42. The van der Waals surface area contributed by atoms with Crippen molar-refractivity contribution in [3.8, 4) is 0 Å². The van der Waals surface area contributed by atoms with Gasteiger partial charge in [-0.3, -0.25) is 4.90 Å². The lowest BCUT2D eigenvalue weighted by Crippen LogP contribution is -2.45. The summed E-state index contributed by atoms with van der Waals surface area (Å²) in [5.41, 5.74) is -0.163. The van der Waals surface area contributed by atoms with Crippen LogP contribution < -0.4 is 0 Å². The standard InChI is InChI=1S/C15H18F3N3O/c1-9-6-21(7-10(2)22-9)8-12-11-4-3-5-19-14(11)20-13(12)15(16,17)18/h3-5,9-10H,6-8H2,1-2H3,(H,19,20)/t9-,10-/m0/s1. The number of hydrogen-bond donors (Lipinski definition) is 1. The van der Waals surface area contributed by atoms with Gasteiger partial charge >= 0.3 is 6.18 Å². The van der Waals surface area contributed by atoms with Crippen molar-refractivity contribution < 1.29 is 17.9 Å². The first kappa shape index (κ1) is 15.3. The highest BCUT2D eigenvalue weighted by Gasteiger charge is 2.37. The largest absolute Gasteiger partial charge is 0.431 e. The van der Waals surface area contributed by atoms with Crippen LogP contribution in [0.25, 0.3) is 11.0 Å². The number of aromatic amines is 1. The number of H-pyrrole nitrogens is 1. The number of hydrogen-bond acceptors (Lipinski definition) is 3. The molecule has 0 radical (unpaired) electrons. The molecule has 3 rings (SSSR count). The fraction of sp³-hybridized carbons (Fsp3) is 0.533. The molecule has 2 aromatic heterocycles. The Morgan fingerprint density at radius 3 is 2.64 bits per heavy atom. The molecule has 1 N–H and O–H groups in total. The Bertz CT molecular complexity index is 658. The summed E-state index contributed by atoms with van der Waals surface area (Å²) in [7, 11) is 0. The Labute approximate surface area is 126 Å². The Morgan fingerprint density at radius 1 is 1.32 bits per heavy atom. The maximum Gasteiger partial charge on any atom is 0.431 e. The predicted molar refractivity (Wildman–Crippen MR) is 76.4 cm³/mol. The van der Waals surface area contributed by atoms with Gasteiger partial charge < -0.3 is 9.72 Å². The summed E-state index contributed by atoms with van der Waals surface area (Å²) in [4.78, 5) is 8.43. The van der Waals surface area contributed by atoms with Gasteiger partial charge in [0.1, 0.15) is 11.3 Å². The number of ether oxygens (including phenoxy) is 1. The number of rotatable bonds is 2. The molecule has 2 atom stereocenters. The van der Waals surface area contributed by atoms with Crippen LogP contribution in [0.5, 0.6) is 0 Å². The normalized spacial score (nSPS) is 24.0. The second-order valence-electron chi connectivity index (χ2n) is 5.83. The Hall–Kier alpha value is -1.60. The number of alkyl halides is 3. The average Bonchev–Trinajstić information content (AvgIpc) is 2.77. The topological polar surface area (TPSA) is 41.2 Å². The van der Waals surface area contributed by atoms with Crippen molar-refractivity contribution in [3.63, 3.8) is 0 Å². The molecule has 1 saturated heterocycles. The Morgan fingerprint density at radius 2 is 2.00 bits per heavy atom. The third kappa shape index (κ3) is 2.96. The zero-order chi connectivity index (χ0) is 15.9. The van der Waals surface area contributed by atoms with Crippen molar-refractivity contribution in [1.29, 1.82) is 0 Å². The number of pyridine rings is 1. The fourth-order valence-electron chi connectivity index (χ4n) is 3.12. The van der Waals surface area contributed by atoms with Gasteiger partial charge in [-0.1, -0.05) is 0 Å². The highest BCUT2D eigenvalue weighted by molar-refractivity contribution is 5.81. The van der Waals surface area contributed by atoms with E-state index >= 15 is 0 Å². The van der Waals surface area contributed by atoms with Crippen molar-refractivity contribution in [2.24, 2.45) is 0 Å². The highest BCUT2D eigenvalue weighted by Crippen LogP contribution is 2.35. The van der Waals surface area contributed by atoms with Gasteiger partial charge in [-0.05, 0) is 26.0 Å². The van der Waals surface area contributed by atoms with Crippen LogP contribution in [0.15, 0.2) is 18.3 Å². The van der Waals surface area contributed by atoms with Gasteiger partial charge in [0.25, 0.3) is 0 Å². The average molecular weight is 313 g/mol. The summed E-state index contributed by atoms with van der Waals surface area (Å²) in [6, 6.07) is 3.33. The second kappa shape index (κ2) is 5.55. The first-order valence-corrected chi connectivity index (χ1v) is 7.25. The molecule has 0 unspecified atom stereocenters. The molecule has 2 aromatic rings. The Kier molecular flexibility index (Phi) is 3.86. The minimum absolute atomic E-state index is 0.0152. The van der Waals surface area contributed by atoms with Crippen molar-refractivity contribution in [1.82, 2.24) is 14.9 Å². The van der Waals surface area contributed by atoms with Gasteiger partial charge in [0.2, 0.25) is 0 Å². The molecule has 22 heavy (non-hydrogen) atoms. The number of aromatic nitrogens is 2. The van der Waals surface area contributed by atoms with E-state index in [2.05, 4.69) is 9.97 Å². The molecule has 120 valence electrons. The van der Waals surface area contributed by atoms with E-state index in [9.17, 15) is 13.2 Å². The predicted octanol–water partition coefficient (Wildman–Crippen LogP) is 3.19. The minimum Gasteiger partial charge on any atom is -0.373 e. The summed E-state index contributed by atoms with van der Waals surface area (Å²) in [6.45, 7) is 5.34. The van der Waals surface area contributed by atoms with E-state index < -0.39 is 11.9 Å². The number of halogens is 3. The number of nitrogens with one attached hydrogen (secondary N) is 1. The summed E-state index contributed by atoms with van der Waals surface area (Å²) >= 11 is 0. The molecule has 4 nitrogen and oxygen atoms in total. The van der Waals surface area contributed by atoms with E-state index in [-0.39, 0.29) is 30.0 Å². The van der Waals surface area contributed by atoms with Crippen LogP contribution in [-0.4, -0.2) is 40.2 Å². The molecule has 0 aliphatic carbocycles. The number of morpholine rings is 1. The van der Waals surface area contributed by atoms with Gasteiger partial charge in [0.15, 0.2) is 0 Å². The van der Waals surface area contributed by atoms with Crippen LogP contribution in [0.2, 0.25) is 0 Å². The summed E-state index contributed by atoms with van der Waals surface area (Å²) in [5, 5.41) is 0.529. The first-order chi connectivity index (χ1) is 10.3. The molecule has 0 spiro atoms. The van der Waals surface area contributed by atoms with Crippen molar-refractivity contribution in [3.05, 3.63) is 29.6 Å². The van der Waals surface area contributed by atoms with Gasteiger partial charge in [-0.15, -0.1) is 0 Å². The van der Waals surface area contributed by atoms with Gasteiger partial charge in [0.05, 0.1) is 12.2 Å². The maximum absolute atomic E-state index is 13.3. The molecule has 0 aromatic carbocycles. The quantitative estimate of drug-likeness (QED) is 0.926. The van der Waals surface area contributed by atoms with Crippen LogP contribution in [0.3, 0.4) is 0 Å². The van der Waals surface area contributed by atoms with Crippen molar-refractivity contribution in [2.75, 3.05) is 13.1 Å². The lowest BCUT2D eigenvalue weighted by Gasteiger charge is -2.35. The van der Waals surface area contributed by atoms with Crippen molar-refractivity contribution in [2.45, 2.75) is 38.8 Å². The monoisotopic (exact) mass is 313 g/mol. The third-order valence-corrected chi connectivity index (χ3v) is 3.84. The van der Waals surface area contributed by atoms with Crippen LogP contribution >= 0.6 is 0 Å². The zero-order valence-electron chi connectivity index (χ0n) is 12.4. The molecular weight excluding hydrogens is 295 g/mol. The molecule has 0 amide bonds. The second-order valence-corrected chi connectivity index (χ2v) is 5.83. The van der Waals surface area contributed by atoms with Crippen LogP contribution in [0.4, 0.5) is 13.2 Å². The number of fused-ring (bicyclic) bond motifs is 1. The van der Waals surface area contributed by atoms with Gasteiger partial charge in [0, 0.05) is 36.8 Å². The molecule has 0 saturated carbocycles. The SMILES string of the molecule is C[C@H]1CN(Cc2c(C(F)(F)F)[nH]c3ncccc23)C[C@H](C)O1. The molecule has 1 fully saturated rings. The van der Waals surface area contributed by atoms with Gasteiger partial charge in [-0.2, -0.15) is 13.2 Å². The summed E-state index contributed by atoms with van der Waals surface area (Å²) in [6.07, 6.45) is -2.90.